The van der Waals surface area contributed by atoms with Crippen LogP contribution >= 0.6 is 0 Å². The van der Waals surface area contributed by atoms with Crippen molar-refractivity contribution in [3.63, 3.8) is 0 Å². The number of nitrogens with one attached hydrogen (secondary N) is 1. The van der Waals surface area contributed by atoms with Gasteiger partial charge in [0.2, 0.25) is 12.5 Å². The number of fused-ring (bicyclic) bond motifs is 1. The molecule has 2 heterocycles. The Kier molecular flexibility index (Phi) is 4.73. The van der Waals surface area contributed by atoms with Gasteiger partial charge in [0.15, 0.2) is 11.5 Å². The van der Waals surface area contributed by atoms with Crippen LogP contribution in [0.2, 0.25) is 0 Å². The number of rotatable bonds is 6. The Balaban J connectivity index is 1.48. The molecular formula is C21H23N3O3. The zero-order chi connectivity index (χ0) is 18.8. The van der Waals surface area contributed by atoms with Crippen LogP contribution in [0.15, 0.2) is 42.5 Å². The van der Waals surface area contributed by atoms with Crippen molar-refractivity contribution in [3.8, 4) is 22.9 Å². The Bertz CT molecular complexity index is 951. The predicted octanol–water partition coefficient (Wildman–Crippen LogP) is 3.52. The number of benzene rings is 2. The molecule has 1 aliphatic rings. The highest BCUT2D eigenvalue weighted by molar-refractivity contribution is 5.55. The first kappa shape index (κ1) is 17.4. The predicted molar refractivity (Wildman–Crippen MR) is 103 cm³/mol. The maximum Gasteiger partial charge on any atom is 0.231 e. The van der Waals surface area contributed by atoms with Crippen molar-refractivity contribution in [1.29, 1.82) is 0 Å². The van der Waals surface area contributed by atoms with Crippen molar-refractivity contribution in [1.82, 2.24) is 15.1 Å². The summed E-state index contributed by atoms with van der Waals surface area (Å²) in [6.07, 6.45) is 0. The Morgan fingerprint density at radius 2 is 1.93 bits per heavy atom. The van der Waals surface area contributed by atoms with Crippen LogP contribution in [0.4, 0.5) is 0 Å². The first-order valence-corrected chi connectivity index (χ1v) is 8.95. The molecule has 0 fully saturated rings. The van der Waals surface area contributed by atoms with Gasteiger partial charge in [-0.2, -0.15) is 5.10 Å². The zero-order valence-electron chi connectivity index (χ0n) is 15.8. The minimum atomic E-state index is 0.236. The van der Waals surface area contributed by atoms with Crippen molar-refractivity contribution in [2.45, 2.75) is 26.9 Å². The monoisotopic (exact) mass is 365 g/mol. The highest BCUT2D eigenvalue weighted by Gasteiger charge is 2.20. The molecule has 4 rings (SSSR count). The van der Waals surface area contributed by atoms with Gasteiger partial charge in [-0.25, -0.2) is 4.68 Å². The van der Waals surface area contributed by atoms with Crippen LogP contribution in [-0.4, -0.2) is 23.7 Å². The number of hydrogen-bond acceptors (Lipinski definition) is 5. The van der Waals surface area contributed by atoms with Crippen molar-refractivity contribution < 1.29 is 14.2 Å². The highest BCUT2D eigenvalue weighted by Crippen LogP contribution is 2.41. The zero-order valence-corrected chi connectivity index (χ0v) is 15.8. The third kappa shape index (κ3) is 3.36. The fraction of sp³-hybridized carbons (Fsp3) is 0.286. The lowest BCUT2D eigenvalue weighted by Crippen LogP contribution is -2.14. The van der Waals surface area contributed by atoms with E-state index in [-0.39, 0.29) is 6.79 Å². The molecule has 0 saturated heterocycles. The van der Waals surface area contributed by atoms with E-state index in [1.807, 2.05) is 41.9 Å². The van der Waals surface area contributed by atoms with E-state index in [1.54, 1.807) is 7.11 Å². The van der Waals surface area contributed by atoms with Gasteiger partial charge in [-0.3, -0.25) is 0 Å². The molecule has 0 unspecified atom stereocenters. The molecule has 140 valence electrons. The van der Waals surface area contributed by atoms with Crippen molar-refractivity contribution in [2.24, 2.45) is 0 Å². The van der Waals surface area contributed by atoms with Gasteiger partial charge in [0.25, 0.3) is 0 Å². The summed E-state index contributed by atoms with van der Waals surface area (Å²) in [6.45, 7) is 5.82. The van der Waals surface area contributed by atoms with Gasteiger partial charge in [0.1, 0.15) is 0 Å². The lowest BCUT2D eigenvalue weighted by molar-refractivity contribution is 0.171. The lowest BCUT2D eigenvalue weighted by Gasteiger charge is -2.10. The largest absolute Gasteiger partial charge is 0.493 e. The average molecular weight is 365 g/mol. The molecule has 1 aromatic heterocycles. The quantitative estimate of drug-likeness (QED) is 0.724. The summed E-state index contributed by atoms with van der Waals surface area (Å²) in [6, 6.07) is 14.2. The molecule has 1 N–H and O–H groups in total. The summed E-state index contributed by atoms with van der Waals surface area (Å²) >= 11 is 0. The third-order valence-electron chi connectivity index (χ3n) is 4.79. The van der Waals surface area contributed by atoms with E-state index in [1.165, 1.54) is 5.56 Å². The molecule has 0 spiro atoms. The molecule has 0 amide bonds. The average Bonchev–Trinajstić information content (AvgIpc) is 3.27. The van der Waals surface area contributed by atoms with Crippen LogP contribution in [0.1, 0.15) is 22.5 Å². The maximum absolute atomic E-state index is 5.49. The Morgan fingerprint density at radius 1 is 1.11 bits per heavy atom. The minimum Gasteiger partial charge on any atom is -0.493 e. The SMILES string of the molecule is COc1cc(CNCc2c(C)nn(-c3ccccc3)c2C)cc2c1OCO2. The van der Waals surface area contributed by atoms with E-state index in [0.717, 1.165) is 34.9 Å². The van der Waals surface area contributed by atoms with E-state index in [0.29, 0.717) is 18.0 Å². The van der Waals surface area contributed by atoms with Gasteiger partial charge < -0.3 is 19.5 Å². The second-order valence-corrected chi connectivity index (χ2v) is 6.53. The van der Waals surface area contributed by atoms with Crippen LogP contribution in [0.5, 0.6) is 17.2 Å². The summed E-state index contributed by atoms with van der Waals surface area (Å²) in [5, 5.41) is 8.20. The fourth-order valence-corrected chi connectivity index (χ4v) is 3.37. The third-order valence-corrected chi connectivity index (χ3v) is 4.79. The Morgan fingerprint density at radius 3 is 2.70 bits per heavy atom. The van der Waals surface area contributed by atoms with E-state index in [9.17, 15) is 0 Å². The molecule has 0 atom stereocenters. The summed E-state index contributed by atoms with van der Waals surface area (Å²) < 4.78 is 18.3. The maximum atomic E-state index is 5.49. The van der Waals surface area contributed by atoms with Crippen LogP contribution in [0.25, 0.3) is 5.69 Å². The van der Waals surface area contributed by atoms with E-state index in [4.69, 9.17) is 19.3 Å². The van der Waals surface area contributed by atoms with Gasteiger partial charge in [-0.1, -0.05) is 18.2 Å². The molecule has 6 nitrogen and oxygen atoms in total. The second-order valence-electron chi connectivity index (χ2n) is 6.53. The first-order valence-electron chi connectivity index (χ1n) is 8.95. The van der Waals surface area contributed by atoms with Gasteiger partial charge in [0, 0.05) is 24.3 Å². The summed E-state index contributed by atoms with van der Waals surface area (Å²) in [4.78, 5) is 0. The second kappa shape index (κ2) is 7.32. The molecule has 3 aromatic rings. The summed E-state index contributed by atoms with van der Waals surface area (Å²) in [5.41, 5.74) is 5.56. The van der Waals surface area contributed by atoms with Crippen LogP contribution in [-0.2, 0) is 13.1 Å². The number of nitrogens with zero attached hydrogens (tertiary/aromatic N) is 2. The smallest absolute Gasteiger partial charge is 0.231 e. The fourth-order valence-electron chi connectivity index (χ4n) is 3.37. The molecule has 2 aromatic carbocycles. The van der Waals surface area contributed by atoms with Crippen molar-refractivity contribution in [3.05, 3.63) is 65.0 Å². The van der Waals surface area contributed by atoms with E-state index >= 15 is 0 Å². The Hall–Kier alpha value is -2.99. The molecule has 0 bridgehead atoms. The van der Waals surface area contributed by atoms with Gasteiger partial charge in [-0.15, -0.1) is 0 Å². The number of para-hydroxylation sites is 1. The molecule has 6 heteroatoms. The summed E-state index contributed by atoms with van der Waals surface area (Å²) in [7, 11) is 1.64. The lowest BCUT2D eigenvalue weighted by atomic mass is 10.1. The topological polar surface area (TPSA) is 57.5 Å². The molecule has 0 radical (unpaired) electrons. The molecule has 0 aliphatic carbocycles. The molecule has 1 aliphatic heterocycles. The van der Waals surface area contributed by atoms with Gasteiger partial charge >= 0.3 is 0 Å². The molecule has 27 heavy (non-hydrogen) atoms. The van der Waals surface area contributed by atoms with Crippen LogP contribution < -0.4 is 19.5 Å². The minimum absolute atomic E-state index is 0.236. The van der Waals surface area contributed by atoms with Crippen molar-refractivity contribution >= 4 is 0 Å². The molecular weight excluding hydrogens is 342 g/mol. The van der Waals surface area contributed by atoms with Crippen molar-refractivity contribution in [2.75, 3.05) is 13.9 Å². The first-order chi connectivity index (χ1) is 13.2. The summed E-state index contributed by atoms with van der Waals surface area (Å²) in [5.74, 6) is 2.11. The normalized spacial score (nSPS) is 12.4. The number of ether oxygens (including phenoxy) is 3. The van der Waals surface area contributed by atoms with E-state index < -0.39 is 0 Å². The van der Waals surface area contributed by atoms with Crippen LogP contribution in [0, 0.1) is 13.8 Å². The highest BCUT2D eigenvalue weighted by atomic mass is 16.7. The number of aromatic nitrogens is 2. The number of methoxy groups -OCH3 is 1. The Labute approximate surface area is 158 Å². The molecule has 0 saturated carbocycles. The van der Waals surface area contributed by atoms with Gasteiger partial charge in [0.05, 0.1) is 18.5 Å². The number of aryl methyl sites for hydroxylation is 1. The number of hydrogen-bond donors (Lipinski definition) is 1. The standard InChI is InChI=1S/C21H23N3O3/c1-14-18(15(2)24(23-14)17-7-5-4-6-8-17)12-22-11-16-9-19(25-3)21-20(10-16)26-13-27-21/h4-10,22H,11-13H2,1-3H3. The van der Waals surface area contributed by atoms with Crippen LogP contribution in [0.3, 0.4) is 0 Å². The van der Waals surface area contributed by atoms with Gasteiger partial charge in [-0.05, 0) is 43.7 Å². The van der Waals surface area contributed by atoms with E-state index in [2.05, 4.69) is 24.4 Å².